The standard InChI is InChI=1S/C23H20ClN9O3/c1-14-16(12-27-33(14)22-28-20(34)17-3-2-6-32(17)29-22)21(35)30-7-9-31(10-8-30)23-26-13-18(36-23)15-4-5-19(24)25-11-15/h2-6,11-13H,7-10H2,1H3,(H,28,29,34). The van der Waals surface area contributed by atoms with Gasteiger partial charge in [-0.25, -0.2) is 19.2 Å². The van der Waals surface area contributed by atoms with Gasteiger partial charge in [0.25, 0.3) is 17.5 Å². The smallest absolute Gasteiger partial charge is 0.297 e. The van der Waals surface area contributed by atoms with E-state index in [4.69, 9.17) is 16.0 Å². The molecule has 1 N–H and O–H groups in total. The van der Waals surface area contributed by atoms with Crippen molar-refractivity contribution in [3.8, 4) is 17.3 Å². The van der Waals surface area contributed by atoms with Crippen LogP contribution >= 0.6 is 11.6 Å². The number of hydrogen-bond donors (Lipinski definition) is 1. The van der Waals surface area contributed by atoms with Crippen LogP contribution in [0.5, 0.6) is 0 Å². The molecule has 0 aliphatic carbocycles. The number of fused-ring (bicyclic) bond motifs is 1. The van der Waals surface area contributed by atoms with E-state index >= 15 is 0 Å². The van der Waals surface area contributed by atoms with Gasteiger partial charge in [-0.3, -0.25) is 14.6 Å². The molecule has 0 aromatic carbocycles. The van der Waals surface area contributed by atoms with Crippen molar-refractivity contribution < 1.29 is 9.21 Å². The fraction of sp³-hybridized carbons (Fsp3) is 0.217. The molecule has 0 radical (unpaired) electrons. The number of piperazine rings is 1. The summed E-state index contributed by atoms with van der Waals surface area (Å²) in [7, 11) is 0. The lowest BCUT2D eigenvalue weighted by Crippen LogP contribution is -2.49. The quantitative estimate of drug-likeness (QED) is 0.368. The van der Waals surface area contributed by atoms with Crippen molar-refractivity contribution in [3.05, 3.63) is 75.8 Å². The number of carbonyl (C=O) groups is 1. The SMILES string of the molecule is Cc1c(C(=O)N2CCN(c3ncc(-c4ccc(Cl)nc4)o3)CC2)cnn1-c1nn2cccc2c(=O)[nH]1. The van der Waals surface area contributed by atoms with Gasteiger partial charge in [0.05, 0.1) is 23.7 Å². The Morgan fingerprint density at radius 3 is 2.69 bits per heavy atom. The summed E-state index contributed by atoms with van der Waals surface area (Å²) < 4.78 is 8.85. The van der Waals surface area contributed by atoms with Gasteiger partial charge in [0.2, 0.25) is 5.95 Å². The minimum absolute atomic E-state index is 0.136. The third-order valence-electron chi connectivity index (χ3n) is 6.17. The number of anilines is 1. The number of nitrogens with one attached hydrogen (secondary N) is 1. The number of H-pyrrole nitrogens is 1. The number of nitrogens with zero attached hydrogens (tertiary/aromatic N) is 8. The first-order valence-electron chi connectivity index (χ1n) is 11.2. The maximum Gasteiger partial charge on any atom is 0.297 e. The van der Waals surface area contributed by atoms with E-state index in [1.54, 1.807) is 48.6 Å². The van der Waals surface area contributed by atoms with Crippen molar-refractivity contribution in [1.82, 2.24) is 39.2 Å². The van der Waals surface area contributed by atoms with E-state index in [-0.39, 0.29) is 17.4 Å². The molecule has 1 amide bonds. The van der Waals surface area contributed by atoms with Crippen LogP contribution in [0.3, 0.4) is 0 Å². The Morgan fingerprint density at radius 1 is 1.08 bits per heavy atom. The average Bonchev–Trinajstić information content (AvgIpc) is 3.64. The molecule has 13 heteroatoms. The molecule has 0 bridgehead atoms. The highest BCUT2D eigenvalue weighted by molar-refractivity contribution is 6.29. The molecule has 1 saturated heterocycles. The molecule has 0 unspecified atom stereocenters. The van der Waals surface area contributed by atoms with Crippen molar-refractivity contribution in [1.29, 1.82) is 0 Å². The number of oxazole rings is 1. The van der Waals surface area contributed by atoms with Gasteiger partial charge in [0.1, 0.15) is 10.7 Å². The predicted molar refractivity (Wildman–Crippen MR) is 131 cm³/mol. The zero-order valence-electron chi connectivity index (χ0n) is 19.1. The Balaban J connectivity index is 1.15. The van der Waals surface area contributed by atoms with Crippen LogP contribution in [0.2, 0.25) is 5.15 Å². The van der Waals surface area contributed by atoms with E-state index < -0.39 is 0 Å². The molecule has 1 fully saturated rings. The van der Waals surface area contributed by atoms with E-state index in [9.17, 15) is 9.59 Å². The maximum absolute atomic E-state index is 13.3. The number of rotatable bonds is 4. The second kappa shape index (κ2) is 8.64. The fourth-order valence-corrected chi connectivity index (χ4v) is 4.31. The Kier molecular flexibility index (Phi) is 5.29. The molecule has 1 aliphatic rings. The van der Waals surface area contributed by atoms with Crippen LogP contribution in [0.25, 0.3) is 22.8 Å². The van der Waals surface area contributed by atoms with E-state index in [0.717, 1.165) is 5.56 Å². The highest BCUT2D eigenvalue weighted by Gasteiger charge is 2.27. The average molecular weight is 506 g/mol. The van der Waals surface area contributed by atoms with Crippen LogP contribution in [0.1, 0.15) is 16.1 Å². The zero-order chi connectivity index (χ0) is 24.8. The Labute approximate surface area is 208 Å². The first kappa shape index (κ1) is 22.0. The van der Waals surface area contributed by atoms with Gasteiger partial charge in [-0.2, -0.15) is 5.10 Å². The van der Waals surface area contributed by atoms with E-state index in [1.807, 2.05) is 11.0 Å². The summed E-state index contributed by atoms with van der Waals surface area (Å²) in [6.45, 7) is 3.90. The van der Waals surface area contributed by atoms with Gasteiger partial charge in [-0.05, 0) is 31.2 Å². The summed E-state index contributed by atoms with van der Waals surface area (Å²) in [5.74, 6) is 0.698. The lowest BCUT2D eigenvalue weighted by atomic mass is 10.2. The third-order valence-corrected chi connectivity index (χ3v) is 6.40. The minimum Gasteiger partial charge on any atom is -0.423 e. The number of hydrogen-bond acceptors (Lipinski definition) is 8. The zero-order valence-corrected chi connectivity index (χ0v) is 19.9. The second-order valence-electron chi connectivity index (χ2n) is 8.33. The molecule has 5 aromatic heterocycles. The number of pyridine rings is 1. The Hall–Kier alpha value is -4.45. The maximum atomic E-state index is 13.3. The van der Waals surface area contributed by atoms with Crippen LogP contribution in [0.4, 0.5) is 6.01 Å². The molecule has 5 aromatic rings. The van der Waals surface area contributed by atoms with Gasteiger partial charge < -0.3 is 14.2 Å². The number of aromatic nitrogens is 7. The molecule has 36 heavy (non-hydrogen) atoms. The highest BCUT2D eigenvalue weighted by atomic mass is 35.5. The van der Waals surface area contributed by atoms with Gasteiger partial charge in [0, 0.05) is 44.1 Å². The van der Waals surface area contributed by atoms with Crippen molar-refractivity contribution in [3.63, 3.8) is 0 Å². The van der Waals surface area contributed by atoms with Crippen LogP contribution in [-0.2, 0) is 0 Å². The molecule has 0 atom stereocenters. The number of carbonyl (C=O) groups excluding carboxylic acids is 1. The van der Waals surface area contributed by atoms with Gasteiger partial charge in [0.15, 0.2) is 5.76 Å². The Bertz CT molecular complexity index is 1620. The third kappa shape index (κ3) is 3.81. The van der Waals surface area contributed by atoms with Crippen molar-refractivity contribution in [2.24, 2.45) is 0 Å². The predicted octanol–water partition coefficient (Wildman–Crippen LogP) is 2.18. The fourth-order valence-electron chi connectivity index (χ4n) is 4.20. The van der Waals surface area contributed by atoms with E-state index in [1.165, 1.54) is 15.4 Å². The summed E-state index contributed by atoms with van der Waals surface area (Å²) in [6.07, 6.45) is 6.47. The van der Waals surface area contributed by atoms with Gasteiger partial charge >= 0.3 is 0 Å². The summed E-state index contributed by atoms with van der Waals surface area (Å²) in [5.41, 5.74) is 1.97. The van der Waals surface area contributed by atoms with Crippen LogP contribution in [0.15, 0.2) is 58.3 Å². The molecule has 0 saturated carbocycles. The topological polar surface area (TPSA) is 130 Å². The number of amides is 1. The molecule has 6 heterocycles. The van der Waals surface area contributed by atoms with Crippen molar-refractivity contribution >= 4 is 29.0 Å². The molecule has 1 aliphatic heterocycles. The summed E-state index contributed by atoms with van der Waals surface area (Å²) >= 11 is 5.85. The van der Waals surface area contributed by atoms with Crippen molar-refractivity contribution in [2.75, 3.05) is 31.1 Å². The molecular weight excluding hydrogens is 486 g/mol. The molecule has 0 spiro atoms. The molecule has 6 rings (SSSR count). The monoisotopic (exact) mass is 505 g/mol. The van der Waals surface area contributed by atoms with Gasteiger partial charge in [-0.1, -0.05) is 11.6 Å². The molecule has 182 valence electrons. The summed E-state index contributed by atoms with van der Waals surface area (Å²) in [5, 5.41) is 9.10. The van der Waals surface area contributed by atoms with Crippen LogP contribution in [0, 0.1) is 6.92 Å². The number of halogens is 1. The summed E-state index contributed by atoms with van der Waals surface area (Å²) in [6, 6.07) is 7.42. The molecule has 12 nitrogen and oxygen atoms in total. The first-order valence-corrected chi connectivity index (χ1v) is 11.6. The number of aromatic amines is 1. The minimum atomic E-state index is -0.286. The second-order valence-corrected chi connectivity index (χ2v) is 8.71. The first-order chi connectivity index (χ1) is 17.5. The lowest BCUT2D eigenvalue weighted by molar-refractivity contribution is 0.0744. The molecular formula is C23H20ClN9O3. The van der Waals surface area contributed by atoms with Crippen molar-refractivity contribution in [2.45, 2.75) is 6.92 Å². The van der Waals surface area contributed by atoms with Crippen LogP contribution in [-0.4, -0.2) is 71.3 Å². The normalized spacial score (nSPS) is 14.1. The van der Waals surface area contributed by atoms with Gasteiger partial charge in [-0.15, -0.1) is 5.10 Å². The van der Waals surface area contributed by atoms with E-state index in [0.29, 0.717) is 59.9 Å². The Morgan fingerprint density at radius 2 is 1.92 bits per heavy atom. The summed E-state index contributed by atoms with van der Waals surface area (Å²) in [4.78, 5) is 40.5. The van der Waals surface area contributed by atoms with Crippen LogP contribution < -0.4 is 10.5 Å². The van der Waals surface area contributed by atoms with E-state index in [2.05, 4.69) is 25.1 Å². The lowest BCUT2D eigenvalue weighted by Gasteiger charge is -2.33. The highest BCUT2D eigenvalue weighted by Crippen LogP contribution is 2.25. The largest absolute Gasteiger partial charge is 0.423 e.